The molecule has 1 fully saturated rings. The molecule has 0 saturated carbocycles. The lowest BCUT2D eigenvalue weighted by atomic mass is 10.0. The second kappa shape index (κ2) is 11.5. The highest BCUT2D eigenvalue weighted by Gasteiger charge is 2.22. The Morgan fingerprint density at radius 1 is 1.14 bits per heavy atom. The number of ether oxygens (including phenoxy) is 1. The number of hydrogen-bond donors (Lipinski definition) is 1. The number of hydrogen-bond acceptors (Lipinski definition) is 4. The van der Waals surface area contributed by atoms with Gasteiger partial charge in [-0.1, -0.05) is 32.9 Å². The van der Waals surface area contributed by atoms with Crippen molar-refractivity contribution in [1.82, 2.24) is 15.1 Å². The first-order chi connectivity index (χ1) is 13.4. The van der Waals surface area contributed by atoms with Crippen LogP contribution in [-0.4, -0.2) is 67.2 Å². The topological polar surface area (TPSA) is 44.8 Å². The molecule has 1 aromatic rings. The second-order valence-electron chi connectivity index (χ2n) is 8.50. The van der Waals surface area contributed by atoms with Crippen LogP contribution in [0.3, 0.4) is 0 Å². The molecule has 1 unspecified atom stereocenters. The summed E-state index contributed by atoms with van der Waals surface area (Å²) in [5.74, 6) is 0.622. The first kappa shape index (κ1) is 22.9. The molecule has 1 atom stereocenters. The molecule has 2 rings (SSSR count). The highest BCUT2D eigenvalue weighted by molar-refractivity contribution is 5.94. The molecule has 5 nitrogen and oxygen atoms in total. The summed E-state index contributed by atoms with van der Waals surface area (Å²) in [6.07, 6.45) is 1.08. The van der Waals surface area contributed by atoms with E-state index in [1.54, 1.807) is 0 Å². The van der Waals surface area contributed by atoms with Crippen molar-refractivity contribution in [3.05, 3.63) is 35.4 Å². The molecule has 5 heteroatoms. The van der Waals surface area contributed by atoms with E-state index >= 15 is 0 Å². The van der Waals surface area contributed by atoms with E-state index in [0.29, 0.717) is 24.5 Å². The zero-order valence-corrected chi connectivity index (χ0v) is 18.4. The Hall–Kier alpha value is -1.43. The van der Waals surface area contributed by atoms with Gasteiger partial charge in [-0.3, -0.25) is 14.6 Å². The van der Waals surface area contributed by atoms with E-state index < -0.39 is 0 Å². The number of carbonyl (C=O) groups is 1. The van der Waals surface area contributed by atoms with Crippen molar-refractivity contribution in [2.45, 2.75) is 59.7 Å². The maximum absolute atomic E-state index is 12.7. The Morgan fingerprint density at radius 2 is 1.79 bits per heavy atom. The van der Waals surface area contributed by atoms with E-state index in [1.165, 1.54) is 5.56 Å². The molecule has 1 amide bonds. The number of nitrogens with zero attached hydrogens (tertiary/aromatic N) is 2. The molecule has 1 aliphatic heterocycles. The molecule has 0 bridgehead atoms. The molecule has 1 aromatic carbocycles. The summed E-state index contributed by atoms with van der Waals surface area (Å²) in [5, 5.41) is 3.16. The zero-order chi connectivity index (χ0) is 20.5. The number of rotatable bonds is 10. The number of benzene rings is 1. The predicted octanol–water partition coefficient (Wildman–Crippen LogP) is 3.39. The molecule has 1 aliphatic rings. The van der Waals surface area contributed by atoms with E-state index in [-0.39, 0.29) is 5.91 Å². The Labute approximate surface area is 171 Å². The number of amides is 1. The molecule has 1 heterocycles. The molecular formula is C23H39N3O2. The third kappa shape index (κ3) is 7.19. The van der Waals surface area contributed by atoms with Gasteiger partial charge in [-0.2, -0.15) is 0 Å². The minimum absolute atomic E-state index is 0.0183. The van der Waals surface area contributed by atoms with Crippen molar-refractivity contribution >= 4 is 5.91 Å². The van der Waals surface area contributed by atoms with Gasteiger partial charge in [-0.15, -0.1) is 0 Å². The largest absolute Gasteiger partial charge is 0.379 e. The van der Waals surface area contributed by atoms with Gasteiger partial charge in [0.25, 0.3) is 5.91 Å². The molecular weight excluding hydrogens is 350 g/mol. The number of morpholine rings is 1. The summed E-state index contributed by atoms with van der Waals surface area (Å²) in [6.45, 7) is 17.2. The van der Waals surface area contributed by atoms with Gasteiger partial charge in [0, 0.05) is 43.8 Å². The monoisotopic (exact) mass is 389 g/mol. The fourth-order valence-electron chi connectivity index (χ4n) is 3.82. The fraction of sp³-hybridized carbons (Fsp3) is 0.696. The summed E-state index contributed by atoms with van der Waals surface area (Å²) in [7, 11) is 0. The molecule has 28 heavy (non-hydrogen) atoms. The minimum atomic E-state index is 0.0183. The molecule has 0 aliphatic carbocycles. The average molecular weight is 390 g/mol. The predicted molar refractivity (Wildman–Crippen MR) is 116 cm³/mol. The highest BCUT2D eigenvalue weighted by Crippen LogP contribution is 2.14. The Balaban J connectivity index is 1.91. The zero-order valence-electron chi connectivity index (χ0n) is 18.4. The smallest absolute Gasteiger partial charge is 0.251 e. The van der Waals surface area contributed by atoms with Crippen LogP contribution in [0.15, 0.2) is 24.3 Å². The molecule has 0 aromatic heterocycles. The van der Waals surface area contributed by atoms with Gasteiger partial charge in [-0.05, 0) is 50.4 Å². The van der Waals surface area contributed by atoms with E-state index in [9.17, 15) is 4.79 Å². The SMILES string of the molecule is CCN(Cc1ccc(C(=O)NCC(CC(C)C)N2CCOCC2)cc1)C(C)C. The maximum atomic E-state index is 12.7. The van der Waals surface area contributed by atoms with Gasteiger partial charge in [0.2, 0.25) is 0 Å². The van der Waals surface area contributed by atoms with Gasteiger partial charge >= 0.3 is 0 Å². The summed E-state index contributed by atoms with van der Waals surface area (Å²) in [4.78, 5) is 17.5. The normalized spacial score (nSPS) is 16.7. The van der Waals surface area contributed by atoms with Crippen molar-refractivity contribution in [2.24, 2.45) is 5.92 Å². The summed E-state index contributed by atoms with van der Waals surface area (Å²) in [5.41, 5.74) is 1.99. The van der Waals surface area contributed by atoms with Crippen LogP contribution in [0.1, 0.15) is 57.0 Å². The first-order valence-electron chi connectivity index (χ1n) is 10.8. The lowest BCUT2D eigenvalue weighted by Gasteiger charge is -2.35. The number of carbonyl (C=O) groups excluding carboxylic acids is 1. The molecule has 158 valence electrons. The lowest BCUT2D eigenvalue weighted by Crippen LogP contribution is -2.49. The third-order valence-corrected chi connectivity index (χ3v) is 5.54. The number of nitrogens with one attached hydrogen (secondary N) is 1. The van der Waals surface area contributed by atoms with Gasteiger partial charge in [0.05, 0.1) is 13.2 Å². The lowest BCUT2D eigenvalue weighted by molar-refractivity contribution is 0.0124. The van der Waals surface area contributed by atoms with E-state index in [2.05, 4.69) is 61.9 Å². The van der Waals surface area contributed by atoms with Crippen LogP contribution in [-0.2, 0) is 11.3 Å². The summed E-state index contributed by atoms with van der Waals surface area (Å²) < 4.78 is 5.48. The second-order valence-corrected chi connectivity index (χ2v) is 8.50. The Kier molecular flexibility index (Phi) is 9.42. The molecule has 1 saturated heterocycles. The van der Waals surface area contributed by atoms with Crippen molar-refractivity contribution in [3.63, 3.8) is 0 Å². The van der Waals surface area contributed by atoms with Crippen LogP contribution in [0.5, 0.6) is 0 Å². The maximum Gasteiger partial charge on any atom is 0.251 e. The van der Waals surface area contributed by atoms with Gasteiger partial charge < -0.3 is 10.1 Å². The van der Waals surface area contributed by atoms with Gasteiger partial charge in [0.15, 0.2) is 0 Å². The highest BCUT2D eigenvalue weighted by atomic mass is 16.5. The van der Waals surface area contributed by atoms with E-state index in [1.807, 2.05) is 12.1 Å². The average Bonchev–Trinajstić information content (AvgIpc) is 2.69. The molecule has 0 spiro atoms. The van der Waals surface area contributed by atoms with Gasteiger partial charge in [0.1, 0.15) is 0 Å². The fourth-order valence-corrected chi connectivity index (χ4v) is 3.82. The quantitative estimate of drug-likeness (QED) is 0.666. The first-order valence-corrected chi connectivity index (χ1v) is 10.8. The van der Waals surface area contributed by atoms with Crippen LogP contribution in [0.2, 0.25) is 0 Å². The van der Waals surface area contributed by atoms with E-state index in [4.69, 9.17) is 4.74 Å². The third-order valence-electron chi connectivity index (χ3n) is 5.54. The molecule has 0 radical (unpaired) electrons. The Bertz CT molecular complexity index is 580. The van der Waals surface area contributed by atoms with Crippen molar-refractivity contribution < 1.29 is 9.53 Å². The summed E-state index contributed by atoms with van der Waals surface area (Å²) >= 11 is 0. The van der Waals surface area contributed by atoms with Gasteiger partial charge in [-0.25, -0.2) is 0 Å². The van der Waals surface area contributed by atoms with Crippen LogP contribution in [0, 0.1) is 5.92 Å². The van der Waals surface area contributed by atoms with Crippen molar-refractivity contribution in [3.8, 4) is 0 Å². The molecule has 1 N–H and O–H groups in total. The standard InChI is InChI=1S/C23H39N3O2/c1-6-25(19(4)5)17-20-7-9-21(10-8-20)23(27)24-16-22(15-18(2)3)26-11-13-28-14-12-26/h7-10,18-19,22H,6,11-17H2,1-5H3,(H,24,27). The Morgan fingerprint density at radius 3 is 2.32 bits per heavy atom. The van der Waals surface area contributed by atoms with Crippen molar-refractivity contribution in [2.75, 3.05) is 39.4 Å². The minimum Gasteiger partial charge on any atom is -0.379 e. The summed E-state index contributed by atoms with van der Waals surface area (Å²) in [6, 6.07) is 8.94. The van der Waals surface area contributed by atoms with Crippen LogP contribution < -0.4 is 5.32 Å². The van der Waals surface area contributed by atoms with Crippen LogP contribution in [0.25, 0.3) is 0 Å². The van der Waals surface area contributed by atoms with Crippen molar-refractivity contribution in [1.29, 1.82) is 0 Å². The van der Waals surface area contributed by atoms with E-state index in [0.717, 1.165) is 51.4 Å². The van der Waals surface area contributed by atoms with Crippen LogP contribution in [0.4, 0.5) is 0 Å². The van der Waals surface area contributed by atoms with Crippen LogP contribution >= 0.6 is 0 Å².